The van der Waals surface area contributed by atoms with Gasteiger partial charge in [-0.05, 0) is 42.5 Å². The highest BCUT2D eigenvalue weighted by molar-refractivity contribution is 6.10. The van der Waals surface area contributed by atoms with Crippen molar-refractivity contribution in [2.24, 2.45) is 7.05 Å². The monoisotopic (exact) mass is 373 g/mol. The molecule has 3 aromatic rings. The van der Waals surface area contributed by atoms with Gasteiger partial charge in [0.05, 0.1) is 11.3 Å². The van der Waals surface area contributed by atoms with Crippen molar-refractivity contribution in [2.45, 2.75) is 0 Å². The van der Waals surface area contributed by atoms with Gasteiger partial charge in [0.15, 0.2) is 0 Å². The third-order valence-corrected chi connectivity index (χ3v) is 3.87. The molecule has 0 saturated heterocycles. The molecule has 2 N–H and O–H groups in total. The van der Waals surface area contributed by atoms with Crippen LogP contribution >= 0.6 is 0 Å². The Labute approximate surface area is 160 Å². The van der Waals surface area contributed by atoms with Gasteiger partial charge < -0.3 is 10.4 Å². The predicted molar refractivity (Wildman–Crippen MR) is 102 cm³/mol. The molecule has 2 aromatic heterocycles. The molecule has 1 aromatic carbocycles. The quantitative estimate of drug-likeness (QED) is 0.524. The van der Waals surface area contributed by atoms with Crippen LogP contribution in [-0.2, 0) is 11.8 Å². The van der Waals surface area contributed by atoms with Crippen LogP contribution in [-0.4, -0.2) is 31.7 Å². The number of nitrogens with zero attached hydrogens (tertiary/aromatic N) is 4. The van der Waals surface area contributed by atoms with E-state index in [0.717, 1.165) is 5.56 Å². The van der Waals surface area contributed by atoms with Crippen LogP contribution in [0.5, 0.6) is 0 Å². The number of amides is 1. The van der Waals surface area contributed by atoms with Gasteiger partial charge in [-0.15, -0.1) is 0 Å². The smallest absolute Gasteiger partial charge is 0.335 e. The Morgan fingerprint density at radius 2 is 1.86 bits per heavy atom. The Morgan fingerprint density at radius 3 is 2.46 bits per heavy atom. The minimum atomic E-state index is -1.06. The number of aryl methyl sites for hydroxylation is 1. The van der Waals surface area contributed by atoms with Gasteiger partial charge in [0.2, 0.25) is 0 Å². The summed E-state index contributed by atoms with van der Waals surface area (Å²) in [5.41, 5.74) is 2.43. The molecule has 0 aliphatic rings. The molecule has 0 radical (unpaired) electrons. The van der Waals surface area contributed by atoms with Gasteiger partial charge in [0, 0.05) is 42.5 Å². The van der Waals surface area contributed by atoms with Crippen LogP contribution in [0, 0.1) is 11.3 Å². The summed E-state index contributed by atoms with van der Waals surface area (Å²) in [5, 5.41) is 25.3. The Balaban J connectivity index is 1.87. The lowest BCUT2D eigenvalue weighted by molar-refractivity contribution is -0.112. The molecule has 0 unspecified atom stereocenters. The number of carboxylic acid groups (broad SMARTS) is 1. The molecule has 0 saturated carbocycles. The summed E-state index contributed by atoms with van der Waals surface area (Å²) in [7, 11) is 1.75. The van der Waals surface area contributed by atoms with Gasteiger partial charge >= 0.3 is 5.97 Å². The van der Waals surface area contributed by atoms with E-state index in [4.69, 9.17) is 5.11 Å². The fourth-order valence-corrected chi connectivity index (χ4v) is 2.55. The largest absolute Gasteiger partial charge is 0.478 e. The van der Waals surface area contributed by atoms with Crippen molar-refractivity contribution in [2.75, 3.05) is 5.32 Å². The molecule has 0 bridgehead atoms. The third kappa shape index (κ3) is 4.11. The number of aromatic nitrogens is 3. The molecular formula is C20H15N5O3. The number of benzene rings is 1. The molecule has 8 heteroatoms. The molecular weight excluding hydrogens is 358 g/mol. The maximum absolute atomic E-state index is 12.5. The van der Waals surface area contributed by atoms with Gasteiger partial charge in [-0.1, -0.05) is 0 Å². The van der Waals surface area contributed by atoms with Crippen LogP contribution in [0.2, 0.25) is 0 Å². The molecule has 28 heavy (non-hydrogen) atoms. The second-order valence-electron chi connectivity index (χ2n) is 5.85. The SMILES string of the molecule is Cn1cc(/C=C(/C#N)C(=O)Nc2ccc(C(=O)O)cc2)c(-c2ccncc2)n1. The predicted octanol–water partition coefficient (Wildman–Crippen LogP) is 2.73. The van der Waals surface area contributed by atoms with Gasteiger partial charge in [0.1, 0.15) is 11.6 Å². The first-order valence-electron chi connectivity index (χ1n) is 8.18. The number of hydrogen-bond acceptors (Lipinski definition) is 5. The van der Waals surface area contributed by atoms with Crippen molar-refractivity contribution in [3.05, 3.63) is 71.7 Å². The summed E-state index contributed by atoms with van der Waals surface area (Å²) in [5.74, 6) is -1.66. The van der Waals surface area contributed by atoms with Crippen LogP contribution in [0.4, 0.5) is 5.69 Å². The van der Waals surface area contributed by atoms with Crippen molar-refractivity contribution in [3.8, 4) is 17.3 Å². The van der Waals surface area contributed by atoms with Crippen LogP contribution in [0.3, 0.4) is 0 Å². The maximum atomic E-state index is 12.5. The van der Waals surface area contributed by atoms with E-state index >= 15 is 0 Å². The van der Waals surface area contributed by atoms with Crippen LogP contribution in [0.15, 0.2) is 60.6 Å². The molecule has 0 spiro atoms. The third-order valence-electron chi connectivity index (χ3n) is 3.87. The number of carboxylic acids is 1. The summed E-state index contributed by atoms with van der Waals surface area (Å²) >= 11 is 0. The minimum Gasteiger partial charge on any atom is -0.478 e. The number of carbonyl (C=O) groups is 2. The number of anilines is 1. The number of hydrogen-bond donors (Lipinski definition) is 2. The highest BCUT2D eigenvalue weighted by Gasteiger charge is 2.14. The molecule has 2 heterocycles. The number of carbonyl (C=O) groups excluding carboxylic acids is 1. The van der Waals surface area contributed by atoms with Gasteiger partial charge in [-0.3, -0.25) is 14.5 Å². The van der Waals surface area contributed by atoms with E-state index in [2.05, 4.69) is 15.4 Å². The van der Waals surface area contributed by atoms with E-state index in [9.17, 15) is 14.9 Å². The summed E-state index contributed by atoms with van der Waals surface area (Å²) in [4.78, 5) is 27.3. The zero-order valence-electron chi connectivity index (χ0n) is 14.8. The number of nitrogens with one attached hydrogen (secondary N) is 1. The lowest BCUT2D eigenvalue weighted by Gasteiger charge is -2.05. The van der Waals surface area contributed by atoms with E-state index in [0.29, 0.717) is 16.9 Å². The molecule has 0 fully saturated rings. The fraction of sp³-hybridized carbons (Fsp3) is 0.0500. The van der Waals surface area contributed by atoms with Crippen LogP contribution in [0.25, 0.3) is 17.3 Å². The van der Waals surface area contributed by atoms with Gasteiger partial charge in [-0.25, -0.2) is 4.79 Å². The summed E-state index contributed by atoms with van der Waals surface area (Å²) in [6.45, 7) is 0. The van der Waals surface area contributed by atoms with Crippen molar-refractivity contribution < 1.29 is 14.7 Å². The first kappa shape index (κ1) is 18.5. The number of pyridine rings is 1. The van der Waals surface area contributed by atoms with E-state index in [1.807, 2.05) is 6.07 Å². The van der Waals surface area contributed by atoms with Crippen molar-refractivity contribution >= 4 is 23.6 Å². The second kappa shape index (κ2) is 7.97. The Bertz CT molecular complexity index is 1090. The second-order valence-corrected chi connectivity index (χ2v) is 5.85. The maximum Gasteiger partial charge on any atom is 0.335 e. The van der Waals surface area contributed by atoms with Gasteiger partial charge in [-0.2, -0.15) is 10.4 Å². The van der Waals surface area contributed by atoms with E-state index in [-0.39, 0.29) is 11.1 Å². The zero-order chi connectivity index (χ0) is 20.1. The lowest BCUT2D eigenvalue weighted by atomic mass is 10.1. The topological polar surface area (TPSA) is 121 Å². The molecule has 8 nitrogen and oxygen atoms in total. The average molecular weight is 373 g/mol. The molecule has 3 rings (SSSR count). The Morgan fingerprint density at radius 1 is 1.18 bits per heavy atom. The summed E-state index contributed by atoms with van der Waals surface area (Å²) < 4.78 is 1.60. The Hall–Kier alpha value is -4.25. The van der Waals surface area contributed by atoms with E-state index in [1.165, 1.54) is 30.3 Å². The summed E-state index contributed by atoms with van der Waals surface area (Å²) in [6.07, 6.45) is 6.44. The highest BCUT2D eigenvalue weighted by Crippen LogP contribution is 2.23. The zero-order valence-corrected chi connectivity index (χ0v) is 14.8. The van der Waals surface area contributed by atoms with E-state index in [1.54, 1.807) is 42.5 Å². The number of nitriles is 1. The van der Waals surface area contributed by atoms with Crippen molar-refractivity contribution in [1.82, 2.24) is 14.8 Å². The minimum absolute atomic E-state index is 0.103. The fourth-order valence-electron chi connectivity index (χ4n) is 2.55. The van der Waals surface area contributed by atoms with E-state index < -0.39 is 11.9 Å². The lowest BCUT2D eigenvalue weighted by Crippen LogP contribution is -2.13. The van der Waals surface area contributed by atoms with Crippen molar-refractivity contribution in [1.29, 1.82) is 5.26 Å². The van der Waals surface area contributed by atoms with Crippen molar-refractivity contribution in [3.63, 3.8) is 0 Å². The van der Waals surface area contributed by atoms with Gasteiger partial charge in [0.25, 0.3) is 5.91 Å². The van der Waals surface area contributed by atoms with Crippen LogP contribution in [0.1, 0.15) is 15.9 Å². The standard InChI is InChI=1S/C20H15N5O3/c1-25-12-16(18(24-25)13-6-8-22-9-7-13)10-15(11-21)19(26)23-17-4-2-14(3-5-17)20(27)28/h2-10,12H,1H3,(H,23,26)(H,27,28)/b15-10-. The van der Waals surface area contributed by atoms with Crippen LogP contribution < -0.4 is 5.32 Å². The number of aromatic carboxylic acids is 1. The Kier molecular flexibility index (Phi) is 5.28. The average Bonchev–Trinajstić information content (AvgIpc) is 3.07. The molecule has 0 aliphatic heterocycles. The molecule has 0 aliphatic carbocycles. The first-order chi connectivity index (χ1) is 13.5. The number of rotatable bonds is 5. The summed E-state index contributed by atoms with van der Waals surface area (Å²) in [6, 6.07) is 11.1. The highest BCUT2D eigenvalue weighted by atomic mass is 16.4. The normalized spacial score (nSPS) is 10.9. The molecule has 0 atom stereocenters. The molecule has 138 valence electrons. The molecule has 1 amide bonds. The first-order valence-corrected chi connectivity index (χ1v) is 8.18.